The number of hydrogen-bond acceptors (Lipinski definition) is 4. The predicted octanol–water partition coefficient (Wildman–Crippen LogP) is 3.37. The van der Waals surface area contributed by atoms with Crippen LogP contribution in [-0.4, -0.2) is 36.1 Å². The van der Waals surface area contributed by atoms with Crippen LogP contribution >= 0.6 is 0 Å². The molecule has 2 N–H and O–H groups in total. The number of carbonyl (C=O) groups is 2. The van der Waals surface area contributed by atoms with Crippen LogP contribution in [0.15, 0.2) is 30.3 Å². The van der Waals surface area contributed by atoms with Crippen LogP contribution in [0.25, 0.3) is 0 Å². The molecule has 2 unspecified atom stereocenters. The summed E-state index contributed by atoms with van der Waals surface area (Å²) in [6.45, 7) is 0. The molecular formula is C23H32N2O4. The Morgan fingerprint density at radius 3 is 1.59 bits per heavy atom. The van der Waals surface area contributed by atoms with Crippen LogP contribution in [-0.2, 0) is 19.1 Å². The van der Waals surface area contributed by atoms with Gasteiger partial charge in [-0.1, -0.05) is 68.9 Å². The minimum atomic E-state index is -0.925. The summed E-state index contributed by atoms with van der Waals surface area (Å²) in [7, 11) is 0. The zero-order valence-corrected chi connectivity index (χ0v) is 17.0. The van der Waals surface area contributed by atoms with Gasteiger partial charge in [0.05, 0.1) is 0 Å². The number of rotatable bonds is 5. The van der Waals surface area contributed by atoms with Crippen molar-refractivity contribution in [3.05, 3.63) is 35.9 Å². The first-order valence-electron chi connectivity index (χ1n) is 11.2. The molecule has 158 valence electrons. The molecule has 0 bridgehead atoms. The molecular weight excluding hydrogens is 368 g/mol. The molecule has 1 heterocycles. The lowest BCUT2D eigenvalue weighted by atomic mass is 9.94. The van der Waals surface area contributed by atoms with E-state index in [0.717, 1.165) is 56.9 Å². The van der Waals surface area contributed by atoms with Gasteiger partial charge in [-0.2, -0.15) is 0 Å². The van der Waals surface area contributed by atoms with Gasteiger partial charge in [0.2, 0.25) is 0 Å². The van der Waals surface area contributed by atoms with Gasteiger partial charge in [0.15, 0.2) is 18.5 Å². The normalized spacial score (nSPS) is 28.8. The van der Waals surface area contributed by atoms with Gasteiger partial charge >= 0.3 is 0 Å². The third kappa shape index (κ3) is 5.17. The monoisotopic (exact) mass is 400 g/mol. The van der Waals surface area contributed by atoms with Gasteiger partial charge in [-0.25, -0.2) is 0 Å². The molecule has 0 aromatic heterocycles. The molecule has 2 saturated carbocycles. The fourth-order valence-corrected chi connectivity index (χ4v) is 4.67. The van der Waals surface area contributed by atoms with Crippen molar-refractivity contribution in [2.45, 2.75) is 94.8 Å². The third-order valence-corrected chi connectivity index (χ3v) is 6.31. The quantitative estimate of drug-likeness (QED) is 0.795. The first kappa shape index (κ1) is 20.4. The lowest BCUT2D eigenvalue weighted by Crippen LogP contribution is -2.52. The van der Waals surface area contributed by atoms with Crippen LogP contribution < -0.4 is 10.6 Å². The summed E-state index contributed by atoms with van der Waals surface area (Å²) in [5.74, 6) is -0.474. The Kier molecular flexibility index (Phi) is 6.82. The number of ether oxygens (including phenoxy) is 2. The Bertz CT molecular complexity index is 643. The Morgan fingerprint density at radius 2 is 1.14 bits per heavy atom. The zero-order chi connectivity index (χ0) is 20.1. The zero-order valence-electron chi connectivity index (χ0n) is 17.0. The third-order valence-electron chi connectivity index (χ3n) is 6.31. The molecule has 6 heteroatoms. The van der Waals surface area contributed by atoms with E-state index in [1.54, 1.807) is 0 Å². The lowest BCUT2D eigenvalue weighted by molar-refractivity contribution is -0.138. The Hall–Kier alpha value is -1.92. The van der Waals surface area contributed by atoms with Crippen molar-refractivity contribution < 1.29 is 19.1 Å². The highest BCUT2D eigenvalue weighted by Crippen LogP contribution is 2.32. The second kappa shape index (κ2) is 9.72. The van der Waals surface area contributed by atoms with Gasteiger partial charge in [-0.05, 0) is 25.7 Å². The second-order valence-electron chi connectivity index (χ2n) is 8.54. The van der Waals surface area contributed by atoms with Gasteiger partial charge in [0.25, 0.3) is 11.8 Å². The molecule has 1 aromatic carbocycles. The highest BCUT2D eigenvalue weighted by atomic mass is 16.7. The van der Waals surface area contributed by atoms with Gasteiger partial charge < -0.3 is 20.1 Å². The summed E-state index contributed by atoms with van der Waals surface area (Å²) in [5.41, 5.74) is 0.816. The van der Waals surface area contributed by atoms with Crippen molar-refractivity contribution in [2.75, 3.05) is 0 Å². The van der Waals surface area contributed by atoms with Gasteiger partial charge in [-0.15, -0.1) is 0 Å². The van der Waals surface area contributed by atoms with Crippen LogP contribution in [0.2, 0.25) is 0 Å². The fraction of sp³-hybridized carbons (Fsp3) is 0.652. The molecule has 29 heavy (non-hydrogen) atoms. The van der Waals surface area contributed by atoms with Crippen LogP contribution in [0.4, 0.5) is 0 Å². The first-order valence-corrected chi connectivity index (χ1v) is 11.2. The summed E-state index contributed by atoms with van der Waals surface area (Å²) < 4.78 is 12.0. The maximum Gasteiger partial charge on any atom is 0.252 e. The number of hydrogen-bond donors (Lipinski definition) is 2. The summed E-state index contributed by atoms with van der Waals surface area (Å²) in [4.78, 5) is 26.0. The minimum absolute atomic E-state index is 0.165. The molecule has 6 nitrogen and oxygen atoms in total. The average Bonchev–Trinajstić information content (AvgIpc) is 3.22. The van der Waals surface area contributed by atoms with Gasteiger partial charge in [0, 0.05) is 17.6 Å². The van der Waals surface area contributed by atoms with E-state index in [1.165, 1.54) is 12.8 Å². The first-order chi connectivity index (χ1) is 14.2. The second-order valence-corrected chi connectivity index (χ2v) is 8.54. The topological polar surface area (TPSA) is 76.7 Å². The molecule has 1 aromatic rings. The molecule has 0 radical (unpaired) electrons. The van der Waals surface area contributed by atoms with Crippen molar-refractivity contribution in [1.82, 2.24) is 10.6 Å². The lowest BCUT2D eigenvalue weighted by Gasteiger charge is -2.26. The van der Waals surface area contributed by atoms with Crippen LogP contribution in [0, 0.1) is 0 Å². The van der Waals surface area contributed by atoms with E-state index in [2.05, 4.69) is 10.6 Å². The van der Waals surface area contributed by atoms with E-state index in [-0.39, 0.29) is 23.9 Å². The summed E-state index contributed by atoms with van der Waals surface area (Å²) in [5, 5.41) is 6.19. The molecule has 1 saturated heterocycles. The summed E-state index contributed by atoms with van der Waals surface area (Å²) >= 11 is 0. The van der Waals surface area contributed by atoms with E-state index in [9.17, 15) is 9.59 Å². The summed E-state index contributed by atoms with van der Waals surface area (Å²) in [6.07, 6.45) is 8.35. The van der Waals surface area contributed by atoms with Crippen LogP contribution in [0.3, 0.4) is 0 Å². The molecule has 2 amide bonds. The molecule has 0 spiro atoms. The maximum absolute atomic E-state index is 13.0. The van der Waals surface area contributed by atoms with E-state index in [4.69, 9.17) is 9.47 Å². The smallest absolute Gasteiger partial charge is 0.252 e. The standard InChI is InChI=1S/C23H32N2O4/c26-21(24-17-12-6-2-7-13-17)19-20(22(27)25-18-14-8-3-9-15-18)29-23(28-19)16-10-4-1-5-11-16/h1,4-5,10-11,17-20,23H,2-3,6-9,12-15H2,(H,24,26)(H,25,27). The molecule has 3 fully saturated rings. The minimum Gasteiger partial charge on any atom is -0.351 e. The van der Waals surface area contributed by atoms with Gasteiger partial charge in [0.1, 0.15) is 0 Å². The number of amides is 2. The Balaban J connectivity index is 1.45. The molecule has 4 rings (SSSR count). The van der Waals surface area contributed by atoms with E-state index in [1.807, 2.05) is 30.3 Å². The maximum atomic E-state index is 13.0. The Morgan fingerprint density at radius 1 is 0.690 bits per heavy atom. The van der Waals surface area contributed by atoms with E-state index in [0.29, 0.717) is 0 Å². The summed E-state index contributed by atoms with van der Waals surface area (Å²) in [6, 6.07) is 9.82. The predicted molar refractivity (Wildman–Crippen MR) is 109 cm³/mol. The van der Waals surface area contributed by atoms with Crippen LogP contribution in [0.1, 0.15) is 76.1 Å². The largest absolute Gasteiger partial charge is 0.351 e. The molecule has 2 atom stereocenters. The molecule has 3 aliphatic rings. The SMILES string of the molecule is O=C(NC1CCCCC1)C1OC(c2ccccc2)OC1C(=O)NC1CCCCC1. The van der Waals surface area contributed by atoms with Crippen molar-refractivity contribution in [1.29, 1.82) is 0 Å². The molecule has 2 aliphatic carbocycles. The number of benzene rings is 1. The van der Waals surface area contributed by atoms with E-state index >= 15 is 0 Å². The Labute approximate surface area is 172 Å². The van der Waals surface area contributed by atoms with E-state index < -0.39 is 18.5 Å². The highest BCUT2D eigenvalue weighted by molar-refractivity contribution is 5.91. The number of nitrogens with one attached hydrogen (secondary N) is 2. The van der Waals surface area contributed by atoms with Crippen molar-refractivity contribution in [3.8, 4) is 0 Å². The molecule has 1 aliphatic heterocycles. The number of carbonyl (C=O) groups excluding carboxylic acids is 2. The van der Waals surface area contributed by atoms with Crippen molar-refractivity contribution in [3.63, 3.8) is 0 Å². The van der Waals surface area contributed by atoms with Crippen molar-refractivity contribution >= 4 is 11.8 Å². The average molecular weight is 401 g/mol. The van der Waals surface area contributed by atoms with Gasteiger partial charge in [-0.3, -0.25) is 9.59 Å². The fourth-order valence-electron chi connectivity index (χ4n) is 4.67. The van der Waals surface area contributed by atoms with Crippen molar-refractivity contribution in [2.24, 2.45) is 0 Å². The highest BCUT2D eigenvalue weighted by Gasteiger charge is 2.46. The van der Waals surface area contributed by atoms with Crippen LogP contribution in [0.5, 0.6) is 0 Å².